The molecular weight excluding hydrogens is 182 g/mol. The molecule has 4 heteroatoms. The lowest BCUT2D eigenvalue weighted by Crippen LogP contribution is -2.28. The average Bonchev–Trinajstić information content (AvgIpc) is 2.14. The summed E-state index contributed by atoms with van der Waals surface area (Å²) in [5.74, 6) is -1.23. The summed E-state index contributed by atoms with van der Waals surface area (Å²) in [4.78, 5) is 21.1. The van der Waals surface area contributed by atoms with Crippen LogP contribution in [0.4, 0.5) is 0 Å². The molecule has 0 saturated heterocycles. The molecule has 2 N–H and O–H groups in total. The quantitative estimate of drug-likeness (QED) is 0.474. The number of carboxylic acid groups (broad SMARTS) is 1. The summed E-state index contributed by atoms with van der Waals surface area (Å²) in [7, 11) is 0. The van der Waals surface area contributed by atoms with Crippen molar-refractivity contribution in [3.63, 3.8) is 0 Å². The molecule has 0 aliphatic rings. The summed E-state index contributed by atoms with van der Waals surface area (Å²) < 4.78 is 0. The largest absolute Gasteiger partial charge is 0.480 e. The molecule has 0 radical (unpaired) electrons. The van der Waals surface area contributed by atoms with Gasteiger partial charge in [0.15, 0.2) is 0 Å². The lowest BCUT2D eigenvalue weighted by Gasteiger charge is -2.00. The van der Waals surface area contributed by atoms with Crippen LogP contribution in [-0.4, -0.2) is 23.5 Å². The number of allylic oxidation sites excluding steroid dienone is 1. The van der Waals surface area contributed by atoms with Gasteiger partial charge >= 0.3 is 5.97 Å². The molecule has 14 heavy (non-hydrogen) atoms. The highest BCUT2D eigenvalue weighted by atomic mass is 16.4. The first-order chi connectivity index (χ1) is 6.66. The monoisotopic (exact) mass is 197 g/mol. The third-order valence-corrected chi connectivity index (χ3v) is 1.58. The van der Waals surface area contributed by atoms with Crippen LogP contribution < -0.4 is 5.32 Å². The van der Waals surface area contributed by atoms with Crippen molar-refractivity contribution < 1.29 is 14.7 Å². The fourth-order valence-electron chi connectivity index (χ4n) is 0.897. The smallest absolute Gasteiger partial charge is 0.322 e. The van der Waals surface area contributed by atoms with Crippen LogP contribution >= 0.6 is 0 Å². The number of rotatable bonds is 7. The van der Waals surface area contributed by atoms with Gasteiger partial charge in [0.25, 0.3) is 0 Å². The summed E-state index contributed by atoms with van der Waals surface area (Å²) in [6.45, 7) is 3.12. The van der Waals surface area contributed by atoms with E-state index in [1.54, 1.807) is 0 Å². The van der Waals surface area contributed by atoms with Gasteiger partial charge < -0.3 is 10.4 Å². The number of amides is 1. The maximum atomic E-state index is 11.0. The predicted octanol–water partition coefficient (Wildman–Crippen LogP) is 1.09. The zero-order valence-electron chi connectivity index (χ0n) is 8.08. The minimum absolute atomic E-state index is 0.213. The van der Waals surface area contributed by atoms with Crippen molar-refractivity contribution in [3.8, 4) is 0 Å². The van der Waals surface area contributed by atoms with Gasteiger partial charge in [-0.15, -0.1) is 5.73 Å². The van der Waals surface area contributed by atoms with Gasteiger partial charge in [0.05, 0.1) is 0 Å². The first-order valence-corrected chi connectivity index (χ1v) is 4.49. The zero-order valence-corrected chi connectivity index (χ0v) is 8.08. The summed E-state index contributed by atoms with van der Waals surface area (Å²) in [6.07, 6.45) is 4.69. The molecule has 0 atom stereocenters. The van der Waals surface area contributed by atoms with E-state index in [0.717, 1.165) is 19.3 Å². The Balaban J connectivity index is 3.35. The second-order valence-electron chi connectivity index (χ2n) is 2.82. The zero-order chi connectivity index (χ0) is 10.8. The molecule has 4 nitrogen and oxygen atoms in total. The highest BCUT2D eigenvalue weighted by molar-refractivity contribution is 5.80. The van der Waals surface area contributed by atoms with Crippen molar-refractivity contribution in [2.75, 3.05) is 6.54 Å². The molecule has 0 aliphatic carbocycles. The average molecular weight is 197 g/mol. The van der Waals surface area contributed by atoms with Crippen LogP contribution in [0.15, 0.2) is 18.4 Å². The van der Waals surface area contributed by atoms with Crippen molar-refractivity contribution in [1.82, 2.24) is 5.32 Å². The van der Waals surface area contributed by atoms with Crippen LogP contribution in [0.25, 0.3) is 0 Å². The highest BCUT2D eigenvalue weighted by Gasteiger charge is 2.02. The second-order valence-corrected chi connectivity index (χ2v) is 2.82. The molecule has 1 amide bonds. The fraction of sp³-hybridized carbons (Fsp3) is 0.500. The molecule has 0 rings (SSSR count). The van der Waals surface area contributed by atoms with Gasteiger partial charge in [-0.3, -0.25) is 9.59 Å². The first-order valence-electron chi connectivity index (χ1n) is 4.49. The van der Waals surface area contributed by atoms with E-state index in [-0.39, 0.29) is 12.5 Å². The van der Waals surface area contributed by atoms with Gasteiger partial charge in [-0.05, 0) is 25.3 Å². The minimum Gasteiger partial charge on any atom is -0.480 e. The van der Waals surface area contributed by atoms with Crippen LogP contribution in [0.5, 0.6) is 0 Å². The van der Waals surface area contributed by atoms with Crippen LogP contribution in [0.2, 0.25) is 0 Å². The lowest BCUT2D eigenvalue weighted by molar-refractivity contribution is -0.137. The molecule has 0 aliphatic heterocycles. The molecule has 0 aromatic heterocycles. The first kappa shape index (κ1) is 12.5. The van der Waals surface area contributed by atoms with Crippen LogP contribution in [0.3, 0.4) is 0 Å². The van der Waals surface area contributed by atoms with Crippen LogP contribution in [-0.2, 0) is 9.59 Å². The number of hydrogen-bond acceptors (Lipinski definition) is 2. The van der Waals surface area contributed by atoms with E-state index in [0.29, 0.717) is 6.42 Å². The van der Waals surface area contributed by atoms with Gasteiger partial charge in [-0.25, -0.2) is 0 Å². The number of nitrogens with one attached hydrogen (secondary N) is 1. The molecule has 0 saturated carbocycles. The van der Waals surface area contributed by atoms with E-state index in [2.05, 4.69) is 17.6 Å². The number of carbonyl (C=O) groups excluding carboxylic acids is 1. The van der Waals surface area contributed by atoms with E-state index in [1.165, 1.54) is 0 Å². The van der Waals surface area contributed by atoms with Gasteiger partial charge in [0.2, 0.25) is 5.91 Å². The maximum absolute atomic E-state index is 11.0. The van der Waals surface area contributed by atoms with Crippen molar-refractivity contribution in [2.24, 2.45) is 0 Å². The van der Waals surface area contributed by atoms with Crippen molar-refractivity contribution in [1.29, 1.82) is 0 Å². The Bertz CT molecular complexity index is 242. The van der Waals surface area contributed by atoms with Crippen LogP contribution in [0.1, 0.15) is 25.7 Å². The van der Waals surface area contributed by atoms with Gasteiger partial charge in [0, 0.05) is 6.42 Å². The second kappa shape index (κ2) is 8.08. The Morgan fingerprint density at radius 2 is 2.14 bits per heavy atom. The third kappa shape index (κ3) is 8.56. The Hall–Kier alpha value is -1.54. The highest BCUT2D eigenvalue weighted by Crippen LogP contribution is 1.99. The van der Waals surface area contributed by atoms with E-state index < -0.39 is 5.97 Å². The Morgan fingerprint density at radius 1 is 1.43 bits per heavy atom. The minimum atomic E-state index is -1.02. The van der Waals surface area contributed by atoms with Crippen molar-refractivity contribution in [3.05, 3.63) is 18.4 Å². The van der Waals surface area contributed by atoms with Crippen molar-refractivity contribution in [2.45, 2.75) is 25.7 Å². The van der Waals surface area contributed by atoms with E-state index in [4.69, 9.17) is 5.11 Å². The molecule has 78 valence electrons. The van der Waals surface area contributed by atoms with Gasteiger partial charge in [0.1, 0.15) is 6.54 Å². The molecule has 0 aromatic carbocycles. The van der Waals surface area contributed by atoms with Gasteiger partial charge in [-0.2, -0.15) is 0 Å². The Labute approximate surface area is 83.3 Å². The molecule has 0 unspecified atom stereocenters. The summed E-state index contributed by atoms with van der Waals surface area (Å²) >= 11 is 0. The molecule has 0 heterocycles. The molecular formula is C10H15NO3. The molecule has 0 bridgehead atoms. The number of carbonyl (C=O) groups is 2. The fourth-order valence-corrected chi connectivity index (χ4v) is 0.897. The molecule has 0 aromatic rings. The number of unbranched alkanes of at least 4 members (excludes halogenated alkanes) is 2. The summed E-state index contributed by atoms with van der Waals surface area (Å²) in [5.41, 5.74) is 2.64. The summed E-state index contributed by atoms with van der Waals surface area (Å²) in [6, 6.07) is 0. The normalized spacial score (nSPS) is 8.86. The number of aliphatic carboxylic acids is 1. The standard InChI is InChI=1S/C10H15NO3/c1-2-3-4-5-6-7-9(12)11-8-10(13)14/h3H,1,4-8H2,(H,11,12)(H,13,14). The summed E-state index contributed by atoms with van der Waals surface area (Å²) in [5, 5.41) is 10.6. The topological polar surface area (TPSA) is 66.4 Å². The van der Waals surface area contributed by atoms with Crippen molar-refractivity contribution >= 4 is 11.9 Å². The van der Waals surface area contributed by atoms with E-state index >= 15 is 0 Å². The van der Waals surface area contributed by atoms with E-state index in [9.17, 15) is 9.59 Å². The van der Waals surface area contributed by atoms with Gasteiger partial charge in [-0.1, -0.05) is 6.58 Å². The molecule has 0 spiro atoms. The lowest BCUT2D eigenvalue weighted by atomic mass is 10.2. The number of hydrogen-bond donors (Lipinski definition) is 2. The van der Waals surface area contributed by atoms with E-state index in [1.807, 2.05) is 6.08 Å². The number of carboxylic acids is 1. The maximum Gasteiger partial charge on any atom is 0.322 e. The Kier molecular flexibility index (Phi) is 7.19. The predicted molar refractivity (Wildman–Crippen MR) is 52.8 cm³/mol. The Morgan fingerprint density at radius 3 is 2.71 bits per heavy atom. The van der Waals surface area contributed by atoms with Crippen LogP contribution in [0, 0.1) is 0 Å². The SMILES string of the molecule is C=C=CCCCCC(=O)NCC(=O)O. The third-order valence-electron chi connectivity index (χ3n) is 1.58. The molecule has 0 fully saturated rings.